The first-order chi connectivity index (χ1) is 12.0. The average molecular weight is 360 g/mol. The summed E-state index contributed by atoms with van der Waals surface area (Å²) in [6.07, 6.45) is 0.999. The summed E-state index contributed by atoms with van der Waals surface area (Å²) in [6, 6.07) is 14.4. The van der Waals surface area contributed by atoms with Crippen molar-refractivity contribution < 1.29 is 14.3 Å². The van der Waals surface area contributed by atoms with Crippen LogP contribution in [0.1, 0.15) is 48.7 Å². The number of benzene rings is 2. The molecule has 1 amide bonds. The predicted octanol–water partition coefficient (Wildman–Crippen LogP) is 4.58. The van der Waals surface area contributed by atoms with Crippen LogP contribution in [0, 0.1) is 0 Å². The number of amides is 1. The molecule has 0 fully saturated rings. The molecule has 0 saturated carbocycles. The maximum absolute atomic E-state index is 12.0. The van der Waals surface area contributed by atoms with Crippen LogP contribution < -0.4 is 10.1 Å². The lowest BCUT2D eigenvalue weighted by Crippen LogP contribution is -2.26. The minimum atomic E-state index is -0.0914. The standard InChI is InChI=1S/C20H22ClNO3/c1-14(17-5-3-6-18(21)13-17)22-20(24)7-4-12-25-19-10-8-16(9-11-19)15(2)23/h3,5-6,8-11,13-14H,4,7,12H2,1-2H3,(H,22,24). The van der Waals surface area contributed by atoms with Gasteiger partial charge in [0.1, 0.15) is 5.75 Å². The van der Waals surface area contributed by atoms with E-state index in [2.05, 4.69) is 5.32 Å². The minimum Gasteiger partial charge on any atom is -0.494 e. The molecule has 0 aliphatic heterocycles. The van der Waals surface area contributed by atoms with Gasteiger partial charge in [-0.1, -0.05) is 23.7 Å². The summed E-state index contributed by atoms with van der Waals surface area (Å²) in [7, 11) is 0. The molecule has 2 rings (SSSR count). The topological polar surface area (TPSA) is 55.4 Å². The number of ether oxygens (including phenoxy) is 1. The maximum Gasteiger partial charge on any atom is 0.220 e. The number of carbonyl (C=O) groups is 2. The minimum absolute atomic E-state index is 0.0250. The summed E-state index contributed by atoms with van der Waals surface area (Å²) in [4.78, 5) is 23.2. The molecule has 0 aliphatic rings. The van der Waals surface area contributed by atoms with Crippen LogP contribution in [0.3, 0.4) is 0 Å². The quantitative estimate of drug-likeness (QED) is 0.554. The molecule has 0 bridgehead atoms. The van der Waals surface area contributed by atoms with E-state index in [0.29, 0.717) is 35.8 Å². The van der Waals surface area contributed by atoms with Crippen LogP contribution in [0.15, 0.2) is 48.5 Å². The van der Waals surface area contributed by atoms with E-state index in [-0.39, 0.29) is 17.7 Å². The van der Waals surface area contributed by atoms with Crippen LogP contribution in [0.2, 0.25) is 5.02 Å². The van der Waals surface area contributed by atoms with E-state index in [9.17, 15) is 9.59 Å². The summed E-state index contributed by atoms with van der Waals surface area (Å²) in [5.41, 5.74) is 1.63. The molecule has 0 heterocycles. The van der Waals surface area contributed by atoms with Crippen molar-refractivity contribution in [3.05, 3.63) is 64.7 Å². The molecule has 5 heteroatoms. The Morgan fingerprint density at radius 3 is 2.52 bits per heavy atom. The van der Waals surface area contributed by atoms with Gasteiger partial charge in [-0.15, -0.1) is 0 Å². The molecule has 2 aromatic rings. The van der Waals surface area contributed by atoms with Crippen molar-refractivity contribution in [3.8, 4) is 5.75 Å². The highest BCUT2D eigenvalue weighted by Gasteiger charge is 2.09. The zero-order valence-corrected chi connectivity index (χ0v) is 15.2. The Labute approximate surface area is 153 Å². The van der Waals surface area contributed by atoms with Crippen LogP contribution in [0.4, 0.5) is 0 Å². The molecule has 1 atom stereocenters. The van der Waals surface area contributed by atoms with E-state index < -0.39 is 0 Å². The van der Waals surface area contributed by atoms with Gasteiger partial charge in [0.15, 0.2) is 5.78 Å². The van der Waals surface area contributed by atoms with Gasteiger partial charge in [0.05, 0.1) is 12.6 Å². The summed E-state index contributed by atoms with van der Waals surface area (Å²) in [5, 5.41) is 3.61. The van der Waals surface area contributed by atoms with Crippen molar-refractivity contribution in [2.24, 2.45) is 0 Å². The SMILES string of the molecule is CC(=O)c1ccc(OCCCC(=O)NC(C)c2cccc(Cl)c2)cc1. The van der Waals surface area contributed by atoms with E-state index in [1.165, 1.54) is 6.92 Å². The van der Waals surface area contributed by atoms with E-state index >= 15 is 0 Å². The first kappa shape index (κ1) is 19.0. The smallest absolute Gasteiger partial charge is 0.220 e. The highest BCUT2D eigenvalue weighted by atomic mass is 35.5. The summed E-state index contributed by atoms with van der Waals surface area (Å²) in [6.45, 7) is 3.90. The molecule has 2 aromatic carbocycles. The van der Waals surface area contributed by atoms with E-state index in [1.54, 1.807) is 30.3 Å². The largest absolute Gasteiger partial charge is 0.494 e. The van der Waals surface area contributed by atoms with Crippen molar-refractivity contribution in [1.82, 2.24) is 5.32 Å². The normalized spacial score (nSPS) is 11.6. The fraction of sp³-hybridized carbons (Fsp3) is 0.300. The van der Waals surface area contributed by atoms with Gasteiger partial charge in [0.2, 0.25) is 5.91 Å². The van der Waals surface area contributed by atoms with Crippen LogP contribution in [-0.4, -0.2) is 18.3 Å². The predicted molar refractivity (Wildman–Crippen MR) is 99.2 cm³/mol. The van der Waals surface area contributed by atoms with Gasteiger partial charge in [0.25, 0.3) is 0 Å². The Hall–Kier alpha value is -2.33. The molecule has 0 spiro atoms. The molecule has 132 valence electrons. The van der Waals surface area contributed by atoms with Crippen molar-refractivity contribution in [2.75, 3.05) is 6.61 Å². The molecule has 1 N–H and O–H groups in total. The fourth-order valence-corrected chi connectivity index (χ4v) is 2.58. The Bertz CT molecular complexity index is 728. The number of carbonyl (C=O) groups excluding carboxylic acids is 2. The molecule has 1 unspecified atom stereocenters. The Balaban J connectivity index is 1.70. The molecule has 4 nitrogen and oxygen atoms in total. The third kappa shape index (κ3) is 6.24. The monoisotopic (exact) mass is 359 g/mol. The lowest BCUT2D eigenvalue weighted by atomic mass is 10.1. The summed E-state index contributed by atoms with van der Waals surface area (Å²) >= 11 is 5.97. The van der Waals surface area contributed by atoms with Crippen LogP contribution in [-0.2, 0) is 4.79 Å². The van der Waals surface area contributed by atoms with Crippen LogP contribution >= 0.6 is 11.6 Å². The summed E-state index contributed by atoms with van der Waals surface area (Å²) < 4.78 is 5.59. The molecular formula is C20H22ClNO3. The zero-order chi connectivity index (χ0) is 18.2. The second-order valence-corrected chi connectivity index (χ2v) is 6.31. The third-order valence-corrected chi connectivity index (χ3v) is 4.04. The van der Waals surface area contributed by atoms with Gasteiger partial charge in [0, 0.05) is 17.0 Å². The van der Waals surface area contributed by atoms with Crippen LogP contribution in [0.25, 0.3) is 0 Å². The molecule has 0 radical (unpaired) electrons. The fourth-order valence-electron chi connectivity index (χ4n) is 2.38. The molecule has 0 saturated heterocycles. The van der Waals surface area contributed by atoms with Gasteiger partial charge < -0.3 is 10.1 Å². The third-order valence-electron chi connectivity index (χ3n) is 3.80. The Morgan fingerprint density at radius 2 is 1.88 bits per heavy atom. The average Bonchev–Trinajstić information content (AvgIpc) is 2.59. The van der Waals surface area contributed by atoms with E-state index in [0.717, 1.165) is 5.56 Å². The van der Waals surface area contributed by atoms with Crippen molar-refractivity contribution in [2.45, 2.75) is 32.7 Å². The molecular weight excluding hydrogens is 338 g/mol. The van der Waals surface area contributed by atoms with Gasteiger partial charge >= 0.3 is 0 Å². The van der Waals surface area contributed by atoms with Gasteiger partial charge in [-0.05, 0) is 62.2 Å². The van der Waals surface area contributed by atoms with Crippen molar-refractivity contribution in [3.63, 3.8) is 0 Å². The second kappa shape index (κ2) is 9.23. The zero-order valence-electron chi connectivity index (χ0n) is 14.4. The van der Waals surface area contributed by atoms with E-state index in [1.807, 2.05) is 25.1 Å². The number of halogens is 1. The second-order valence-electron chi connectivity index (χ2n) is 5.88. The van der Waals surface area contributed by atoms with Crippen LogP contribution in [0.5, 0.6) is 5.75 Å². The number of hydrogen-bond acceptors (Lipinski definition) is 3. The van der Waals surface area contributed by atoms with Crippen molar-refractivity contribution >= 4 is 23.3 Å². The highest BCUT2D eigenvalue weighted by Crippen LogP contribution is 2.17. The maximum atomic E-state index is 12.0. The molecule has 0 aliphatic carbocycles. The molecule has 0 aromatic heterocycles. The first-order valence-corrected chi connectivity index (χ1v) is 8.62. The summed E-state index contributed by atoms with van der Waals surface area (Å²) in [5.74, 6) is 0.692. The lowest BCUT2D eigenvalue weighted by Gasteiger charge is -2.14. The van der Waals surface area contributed by atoms with Gasteiger partial charge in [-0.25, -0.2) is 0 Å². The first-order valence-electron chi connectivity index (χ1n) is 8.24. The van der Waals surface area contributed by atoms with Gasteiger partial charge in [-0.2, -0.15) is 0 Å². The Morgan fingerprint density at radius 1 is 1.16 bits per heavy atom. The molecule has 25 heavy (non-hydrogen) atoms. The highest BCUT2D eigenvalue weighted by molar-refractivity contribution is 6.30. The lowest BCUT2D eigenvalue weighted by molar-refractivity contribution is -0.121. The number of rotatable bonds is 8. The van der Waals surface area contributed by atoms with Gasteiger partial charge in [-0.3, -0.25) is 9.59 Å². The number of ketones is 1. The van der Waals surface area contributed by atoms with E-state index in [4.69, 9.17) is 16.3 Å². The van der Waals surface area contributed by atoms with Crippen molar-refractivity contribution in [1.29, 1.82) is 0 Å². The number of nitrogens with one attached hydrogen (secondary N) is 1. The number of hydrogen-bond donors (Lipinski definition) is 1. The number of Topliss-reactive ketones (excluding diaryl/α,β-unsaturated/α-hetero) is 1. The Kier molecular flexibility index (Phi) is 7.02.